The number of nitrogens with one attached hydrogen (secondary N) is 1. The van der Waals surface area contributed by atoms with Gasteiger partial charge in [0.1, 0.15) is 4.90 Å². The van der Waals surface area contributed by atoms with E-state index in [2.05, 4.69) is 14.9 Å². The minimum atomic E-state index is -3.80. The number of nitrogens with zero attached hydrogens (tertiary/aromatic N) is 4. The Morgan fingerprint density at radius 3 is 2.65 bits per heavy atom. The molecule has 3 rings (SSSR count). The lowest BCUT2D eigenvalue weighted by molar-refractivity contribution is -0.118. The predicted octanol–water partition coefficient (Wildman–Crippen LogP) is 0.804. The van der Waals surface area contributed by atoms with E-state index in [1.165, 1.54) is 23.1 Å². The number of sulfonamides is 1. The second kappa shape index (κ2) is 7.40. The van der Waals surface area contributed by atoms with Crippen LogP contribution < -0.4 is 10.5 Å². The molecule has 0 aliphatic carbocycles. The van der Waals surface area contributed by atoms with Crippen molar-refractivity contribution in [1.82, 2.24) is 19.6 Å². The first kappa shape index (κ1) is 17.7. The summed E-state index contributed by atoms with van der Waals surface area (Å²) in [6.07, 6.45) is 4.44. The summed E-state index contributed by atoms with van der Waals surface area (Å²) in [5.41, 5.74) is 6.10. The van der Waals surface area contributed by atoms with Crippen molar-refractivity contribution in [2.24, 2.45) is 5.73 Å². The summed E-state index contributed by atoms with van der Waals surface area (Å²) in [4.78, 5) is 10.8. The maximum atomic E-state index is 12.5. The summed E-state index contributed by atoms with van der Waals surface area (Å²) < 4.78 is 30.3. The number of amides is 1. The molecule has 0 atom stereocenters. The average molecular weight is 374 g/mol. The van der Waals surface area contributed by atoms with Gasteiger partial charge in [0, 0.05) is 31.4 Å². The largest absolute Gasteiger partial charge is 0.370 e. The minimum absolute atomic E-state index is 0.0418. The number of benzene rings is 1. The molecule has 0 unspecified atom stereocenters. The van der Waals surface area contributed by atoms with Gasteiger partial charge in [-0.2, -0.15) is 10.2 Å². The molecule has 0 saturated carbocycles. The molecule has 0 bridgehead atoms. The molecule has 9 nitrogen and oxygen atoms in total. The molecule has 0 fully saturated rings. The number of anilines is 1. The van der Waals surface area contributed by atoms with E-state index in [0.717, 1.165) is 5.56 Å². The van der Waals surface area contributed by atoms with Crippen LogP contribution in [0.2, 0.25) is 0 Å². The molecule has 0 aliphatic heterocycles. The molecule has 1 amide bonds. The Balaban J connectivity index is 1.68. The van der Waals surface area contributed by atoms with Crippen LogP contribution in [0.15, 0.2) is 59.9 Å². The van der Waals surface area contributed by atoms with Gasteiger partial charge in [0.25, 0.3) is 10.0 Å². The maximum Gasteiger partial charge on any atom is 0.266 e. The van der Waals surface area contributed by atoms with Gasteiger partial charge in [-0.3, -0.25) is 18.9 Å². The molecular formula is C16H18N6O3S. The van der Waals surface area contributed by atoms with Crippen molar-refractivity contribution >= 4 is 21.7 Å². The van der Waals surface area contributed by atoms with E-state index in [1.807, 2.05) is 30.3 Å². The van der Waals surface area contributed by atoms with Crippen molar-refractivity contribution in [2.45, 2.75) is 24.4 Å². The lowest BCUT2D eigenvalue weighted by Crippen LogP contribution is -2.15. The number of aromatic nitrogens is 4. The summed E-state index contributed by atoms with van der Waals surface area (Å²) in [5, 5.41) is 8.15. The van der Waals surface area contributed by atoms with Crippen LogP contribution in [0.3, 0.4) is 0 Å². The van der Waals surface area contributed by atoms with Crippen molar-refractivity contribution < 1.29 is 13.2 Å². The van der Waals surface area contributed by atoms with Crippen LogP contribution in [0.1, 0.15) is 12.0 Å². The van der Waals surface area contributed by atoms with Crippen LogP contribution in [0.25, 0.3) is 0 Å². The van der Waals surface area contributed by atoms with E-state index in [4.69, 9.17) is 5.73 Å². The van der Waals surface area contributed by atoms with Gasteiger partial charge in [0.15, 0.2) is 5.82 Å². The fraction of sp³-hybridized carbons (Fsp3) is 0.188. The Kier molecular flexibility index (Phi) is 5.03. The number of primary amides is 1. The Bertz CT molecular complexity index is 994. The molecule has 0 saturated heterocycles. The highest BCUT2D eigenvalue weighted by Gasteiger charge is 2.18. The number of carbonyl (C=O) groups excluding carboxylic acids is 1. The fourth-order valence-electron chi connectivity index (χ4n) is 2.30. The third-order valence-corrected chi connectivity index (χ3v) is 4.88. The topological polar surface area (TPSA) is 125 Å². The highest BCUT2D eigenvalue weighted by atomic mass is 32.2. The summed E-state index contributed by atoms with van der Waals surface area (Å²) in [5.74, 6) is -0.293. The van der Waals surface area contributed by atoms with E-state index in [-0.39, 0.29) is 23.7 Å². The number of aryl methyl sites for hydroxylation is 1. The van der Waals surface area contributed by atoms with Gasteiger partial charge in [0.05, 0.1) is 12.7 Å². The van der Waals surface area contributed by atoms with Gasteiger partial charge in [0.2, 0.25) is 5.91 Å². The lowest BCUT2D eigenvalue weighted by atomic mass is 10.2. The molecule has 26 heavy (non-hydrogen) atoms. The quantitative estimate of drug-likeness (QED) is 0.603. The molecule has 0 aliphatic rings. The third kappa shape index (κ3) is 4.48. The average Bonchev–Trinajstić information content (AvgIpc) is 3.23. The molecule has 3 aromatic rings. The minimum Gasteiger partial charge on any atom is -0.370 e. The molecule has 0 spiro atoms. The molecule has 3 N–H and O–H groups in total. The molecule has 136 valence electrons. The SMILES string of the molecule is NC(=O)CCn1ccc(NS(=O)(=O)c2cnn(Cc3ccccc3)c2)n1. The molecule has 2 aromatic heterocycles. The van der Waals surface area contributed by atoms with Gasteiger partial charge < -0.3 is 5.73 Å². The summed E-state index contributed by atoms with van der Waals surface area (Å²) in [7, 11) is -3.80. The van der Waals surface area contributed by atoms with Crippen LogP contribution in [0.4, 0.5) is 5.82 Å². The Morgan fingerprint density at radius 2 is 1.92 bits per heavy atom. The number of nitrogens with two attached hydrogens (primary N) is 1. The van der Waals surface area contributed by atoms with Crippen molar-refractivity contribution in [3.05, 3.63) is 60.6 Å². The first-order valence-corrected chi connectivity index (χ1v) is 9.32. The molecule has 2 heterocycles. The van der Waals surface area contributed by atoms with Gasteiger partial charge in [-0.1, -0.05) is 30.3 Å². The van der Waals surface area contributed by atoms with Crippen LogP contribution >= 0.6 is 0 Å². The van der Waals surface area contributed by atoms with Crippen molar-refractivity contribution in [3.63, 3.8) is 0 Å². The zero-order valence-electron chi connectivity index (χ0n) is 13.8. The van der Waals surface area contributed by atoms with Crippen LogP contribution in [0.5, 0.6) is 0 Å². The smallest absolute Gasteiger partial charge is 0.266 e. The monoisotopic (exact) mass is 374 g/mol. The van der Waals surface area contributed by atoms with Gasteiger partial charge in [-0.15, -0.1) is 0 Å². The maximum absolute atomic E-state index is 12.5. The predicted molar refractivity (Wildman–Crippen MR) is 94.6 cm³/mol. The first-order valence-electron chi connectivity index (χ1n) is 7.83. The summed E-state index contributed by atoms with van der Waals surface area (Å²) in [6, 6.07) is 11.1. The number of carbonyl (C=O) groups is 1. The lowest BCUT2D eigenvalue weighted by Gasteiger charge is -2.03. The number of hydrogen-bond donors (Lipinski definition) is 2. The van der Waals surface area contributed by atoms with Crippen molar-refractivity contribution in [1.29, 1.82) is 0 Å². The molecule has 10 heteroatoms. The van der Waals surface area contributed by atoms with Crippen molar-refractivity contribution in [2.75, 3.05) is 4.72 Å². The Morgan fingerprint density at radius 1 is 1.15 bits per heavy atom. The summed E-state index contributed by atoms with van der Waals surface area (Å²) in [6.45, 7) is 0.754. The van der Waals surface area contributed by atoms with E-state index >= 15 is 0 Å². The first-order chi connectivity index (χ1) is 12.4. The zero-order valence-corrected chi connectivity index (χ0v) is 14.6. The number of rotatable bonds is 8. The summed E-state index contributed by atoms with van der Waals surface area (Å²) >= 11 is 0. The van der Waals surface area contributed by atoms with Gasteiger partial charge in [-0.25, -0.2) is 8.42 Å². The second-order valence-corrected chi connectivity index (χ2v) is 7.33. The zero-order chi connectivity index (χ0) is 18.6. The molecule has 0 radical (unpaired) electrons. The van der Waals surface area contributed by atoms with E-state index < -0.39 is 15.9 Å². The highest BCUT2D eigenvalue weighted by Crippen LogP contribution is 2.14. The highest BCUT2D eigenvalue weighted by molar-refractivity contribution is 7.92. The number of hydrogen-bond acceptors (Lipinski definition) is 5. The normalized spacial score (nSPS) is 11.4. The van der Waals surface area contributed by atoms with Crippen LogP contribution in [-0.4, -0.2) is 33.9 Å². The Hall–Kier alpha value is -3.14. The van der Waals surface area contributed by atoms with Crippen LogP contribution in [0, 0.1) is 0 Å². The van der Waals surface area contributed by atoms with E-state index in [0.29, 0.717) is 6.54 Å². The third-order valence-electron chi connectivity index (χ3n) is 3.57. The van der Waals surface area contributed by atoms with Crippen molar-refractivity contribution in [3.8, 4) is 0 Å². The Labute approximate surface area is 150 Å². The van der Waals surface area contributed by atoms with E-state index in [1.54, 1.807) is 10.9 Å². The van der Waals surface area contributed by atoms with Gasteiger partial charge in [-0.05, 0) is 5.56 Å². The second-order valence-electron chi connectivity index (χ2n) is 5.65. The van der Waals surface area contributed by atoms with Crippen LogP contribution in [-0.2, 0) is 27.9 Å². The molecule has 1 aromatic carbocycles. The van der Waals surface area contributed by atoms with E-state index in [9.17, 15) is 13.2 Å². The molecular weight excluding hydrogens is 356 g/mol. The fourth-order valence-corrected chi connectivity index (χ4v) is 3.25. The van der Waals surface area contributed by atoms with Gasteiger partial charge >= 0.3 is 0 Å². The standard InChI is InChI=1S/C16H18N6O3S/c17-15(23)6-8-21-9-7-16(19-21)20-26(24,25)14-10-18-22(12-14)11-13-4-2-1-3-5-13/h1-5,7,9-10,12H,6,8,11H2,(H2,17,23)(H,19,20).